The lowest BCUT2D eigenvalue weighted by molar-refractivity contribution is 0.0365. The van der Waals surface area contributed by atoms with Crippen molar-refractivity contribution in [2.24, 2.45) is 0 Å². The van der Waals surface area contributed by atoms with E-state index >= 15 is 0 Å². The zero-order valence-corrected chi connectivity index (χ0v) is 13.7. The molecule has 5 nitrogen and oxygen atoms in total. The Morgan fingerprint density at radius 3 is 2.68 bits per heavy atom. The van der Waals surface area contributed by atoms with E-state index < -0.39 is 0 Å². The first-order valence-electron chi connectivity index (χ1n) is 8.07. The van der Waals surface area contributed by atoms with E-state index in [4.69, 9.17) is 17.0 Å². The number of hydrogen-bond acceptors (Lipinski definition) is 5. The van der Waals surface area contributed by atoms with Crippen molar-refractivity contribution >= 4 is 17.2 Å². The summed E-state index contributed by atoms with van der Waals surface area (Å²) in [7, 11) is 0. The Kier molecular flexibility index (Phi) is 5.72. The van der Waals surface area contributed by atoms with Crippen molar-refractivity contribution in [3.8, 4) is 0 Å². The highest BCUT2D eigenvalue weighted by molar-refractivity contribution is 7.80. The van der Waals surface area contributed by atoms with Gasteiger partial charge in [0.1, 0.15) is 6.04 Å². The molecular weight excluding hydrogens is 296 g/mol. The molecule has 0 bridgehead atoms. The molecule has 1 unspecified atom stereocenters. The van der Waals surface area contributed by atoms with Crippen LogP contribution in [0.1, 0.15) is 24.6 Å². The summed E-state index contributed by atoms with van der Waals surface area (Å²) in [6, 6.07) is 6.16. The van der Waals surface area contributed by atoms with Crippen molar-refractivity contribution in [1.29, 1.82) is 0 Å². The standard InChI is InChI=1S/C16H24N4OS/c22-16(18-13-19-9-11-21-12-10-19)15(20-7-3-4-8-20)14-5-1-2-6-17-14/h1-2,5-6,15H,3-4,7-13H2,(H,18,22). The highest BCUT2D eigenvalue weighted by Gasteiger charge is 2.28. The predicted molar refractivity (Wildman–Crippen MR) is 90.8 cm³/mol. The second-order valence-corrected chi connectivity index (χ2v) is 6.27. The van der Waals surface area contributed by atoms with E-state index in [-0.39, 0.29) is 6.04 Å². The minimum atomic E-state index is 0.0970. The fourth-order valence-corrected chi connectivity index (χ4v) is 3.40. The van der Waals surface area contributed by atoms with Gasteiger partial charge >= 0.3 is 0 Å². The maximum Gasteiger partial charge on any atom is 0.103 e. The predicted octanol–water partition coefficient (Wildman–Crippen LogP) is 1.43. The second kappa shape index (κ2) is 7.97. The van der Waals surface area contributed by atoms with Crippen LogP contribution >= 0.6 is 12.2 Å². The minimum absolute atomic E-state index is 0.0970. The molecule has 1 N–H and O–H groups in total. The number of nitrogens with zero attached hydrogens (tertiary/aromatic N) is 3. The zero-order valence-electron chi connectivity index (χ0n) is 12.9. The number of pyridine rings is 1. The summed E-state index contributed by atoms with van der Waals surface area (Å²) in [5.41, 5.74) is 1.05. The van der Waals surface area contributed by atoms with Gasteiger partial charge in [0.05, 0.1) is 30.6 Å². The first-order valence-corrected chi connectivity index (χ1v) is 8.48. The molecule has 3 rings (SSSR count). The van der Waals surface area contributed by atoms with Gasteiger partial charge in [-0.05, 0) is 38.1 Å². The van der Waals surface area contributed by atoms with Crippen molar-refractivity contribution in [3.63, 3.8) is 0 Å². The smallest absolute Gasteiger partial charge is 0.103 e. The molecule has 120 valence electrons. The molecule has 0 aliphatic carbocycles. The SMILES string of the molecule is S=C(NCN1CCOCC1)C(c1ccccn1)N1CCCC1. The van der Waals surface area contributed by atoms with Gasteiger partial charge in [-0.2, -0.15) is 0 Å². The molecule has 2 aliphatic heterocycles. The second-order valence-electron chi connectivity index (χ2n) is 5.83. The number of aromatic nitrogens is 1. The van der Waals surface area contributed by atoms with Gasteiger partial charge in [-0.25, -0.2) is 0 Å². The minimum Gasteiger partial charge on any atom is -0.379 e. The van der Waals surface area contributed by atoms with Crippen LogP contribution in [0.5, 0.6) is 0 Å². The van der Waals surface area contributed by atoms with E-state index in [0.717, 1.165) is 56.7 Å². The van der Waals surface area contributed by atoms with Crippen LogP contribution < -0.4 is 5.32 Å². The molecular formula is C16H24N4OS. The molecule has 22 heavy (non-hydrogen) atoms. The summed E-state index contributed by atoms with van der Waals surface area (Å²) in [6.07, 6.45) is 4.34. The molecule has 0 aromatic carbocycles. The lowest BCUT2D eigenvalue weighted by atomic mass is 10.1. The topological polar surface area (TPSA) is 40.6 Å². The third-order valence-corrected chi connectivity index (χ3v) is 4.67. The van der Waals surface area contributed by atoms with E-state index in [2.05, 4.69) is 26.2 Å². The molecule has 2 saturated heterocycles. The molecule has 1 atom stereocenters. The van der Waals surface area contributed by atoms with Crippen molar-refractivity contribution < 1.29 is 4.74 Å². The average molecular weight is 320 g/mol. The molecule has 2 aliphatic rings. The Morgan fingerprint density at radius 1 is 1.23 bits per heavy atom. The quantitative estimate of drug-likeness (QED) is 0.828. The summed E-state index contributed by atoms with van der Waals surface area (Å²) in [6.45, 7) is 6.54. The van der Waals surface area contributed by atoms with Crippen LogP contribution in [0.15, 0.2) is 24.4 Å². The van der Waals surface area contributed by atoms with Crippen LogP contribution in [0.2, 0.25) is 0 Å². The molecule has 1 aromatic rings. The fraction of sp³-hybridized carbons (Fsp3) is 0.625. The number of nitrogens with one attached hydrogen (secondary N) is 1. The number of ether oxygens (including phenoxy) is 1. The van der Waals surface area contributed by atoms with Crippen LogP contribution in [0, 0.1) is 0 Å². The van der Waals surface area contributed by atoms with Crippen molar-refractivity contribution in [2.45, 2.75) is 18.9 Å². The third-order valence-electron chi connectivity index (χ3n) is 4.30. The molecule has 0 amide bonds. The zero-order chi connectivity index (χ0) is 15.2. The van der Waals surface area contributed by atoms with Gasteiger partial charge in [-0.15, -0.1) is 0 Å². The van der Waals surface area contributed by atoms with E-state index in [9.17, 15) is 0 Å². The third kappa shape index (κ3) is 4.01. The summed E-state index contributed by atoms with van der Waals surface area (Å²) in [5, 5.41) is 3.45. The van der Waals surface area contributed by atoms with Crippen LogP contribution in [-0.4, -0.2) is 65.8 Å². The Balaban J connectivity index is 1.64. The molecule has 0 spiro atoms. The maximum absolute atomic E-state index is 5.71. The number of hydrogen-bond donors (Lipinski definition) is 1. The van der Waals surface area contributed by atoms with Gasteiger partial charge in [0.15, 0.2) is 0 Å². The molecule has 2 fully saturated rings. The number of thiocarbonyl (C=S) groups is 1. The van der Waals surface area contributed by atoms with Gasteiger partial charge < -0.3 is 10.1 Å². The Labute approximate surface area is 137 Å². The molecule has 0 radical (unpaired) electrons. The van der Waals surface area contributed by atoms with Gasteiger partial charge in [0.25, 0.3) is 0 Å². The highest BCUT2D eigenvalue weighted by Crippen LogP contribution is 2.24. The summed E-state index contributed by atoms with van der Waals surface area (Å²) in [5.74, 6) is 0. The summed E-state index contributed by atoms with van der Waals surface area (Å²) >= 11 is 5.71. The first-order chi connectivity index (χ1) is 10.8. The van der Waals surface area contributed by atoms with Gasteiger partial charge in [0.2, 0.25) is 0 Å². The monoisotopic (exact) mass is 320 g/mol. The van der Waals surface area contributed by atoms with E-state index in [1.54, 1.807) is 0 Å². The van der Waals surface area contributed by atoms with E-state index in [0.29, 0.717) is 0 Å². The first kappa shape index (κ1) is 15.8. The van der Waals surface area contributed by atoms with E-state index in [1.807, 2.05) is 18.3 Å². The Morgan fingerprint density at radius 2 is 2.00 bits per heavy atom. The van der Waals surface area contributed by atoms with Crippen molar-refractivity contribution in [1.82, 2.24) is 20.1 Å². The Bertz CT molecular complexity index is 472. The Hall–Kier alpha value is -1.08. The number of likely N-dealkylation sites (tertiary alicyclic amines) is 1. The van der Waals surface area contributed by atoms with Crippen molar-refractivity contribution in [3.05, 3.63) is 30.1 Å². The molecule has 6 heteroatoms. The van der Waals surface area contributed by atoms with Crippen LogP contribution in [-0.2, 0) is 4.74 Å². The van der Waals surface area contributed by atoms with Gasteiger partial charge in [-0.1, -0.05) is 18.3 Å². The molecule has 3 heterocycles. The van der Waals surface area contributed by atoms with Gasteiger partial charge in [-0.3, -0.25) is 14.8 Å². The largest absolute Gasteiger partial charge is 0.379 e. The number of morpholine rings is 1. The lowest BCUT2D eigenvalue weighted by Crippen LogP contribution is -2.46. The molecule has 0 saturated carbocycles. The van der Waals surface area contributed by atoms with E-state index in [1.165, 1.54) is 12.8 Å². The average Bonchev–Trinajstić information content (AvgIpc) is 3.09. The van der Waals surface area contributed by atoms with Gasteiger partial charge in [0, 0.05) is 19.3 Å². The normalized spacial score (nSPS) is 21.6. The maximum atomic E-state index is 5.71. The van der Waals surface area contributed by atoms with Crippen LogP contribution in [0.25, 0.3) is 0 Å². The summed E-state index contributed by atoms with van der Waals surface area (Å²) < 4.78 is 5.38. The van der Waals surface area contributed by atoms with Crippen LogP contribution in [0.3, 0.4) is 0 Å². The lowest BCUT2D eigenvalue weighted by Gasteiger charge is -2.31. The van der Waals surface area contributed by atoms with Crippen LogP contribution in [0.4, 0.5) is 0 Å². The summed E-state index contributed by atoms with van der Waals surface area (Å²) in [4.78, 5) is 10.2. The number of rotatable bonds is 5. The van der Waals surface area contributed by atoms with Crippen molar-refractivity contribution in [2.75, 3.05) is 46.1 Å². The molecule has 1 aromatic heterocycles. The fourth-order valence-electron chi connectivity index (χ4n) is 3.07. The highest BCUT2D eigenvalue weighted by atomic mass is 32.1.